The van der Waals surface area contributed by atoms with Crippen molar-refractivity contribution in [3.05, 3.63) is 64.7 Å². The second-order valence-electron chi connectivity index (χ2n) is 7.15. The van der Waals surface area contributed by atoms with Gasteiger partial charge in [-0.25, -0.2) is 0 Å². The van der Waals surface area contributed by atoms with Crippen molar-refractivity contribution >= 4 is 5.97 Å². The van der Waals surface area contributed by atoms with Gasteiger partial charge in [-0.15, -0.1) is 0 Å². The number of fused-ring (bicyclic) bond motifs is 1. The van der Waals surface area contributed by atoms with Crippen molar-refractivity contribution in [3.63, 3.8) is 0 Å². The van der Waals surface area contributed by atoms with Crippen molar-refractivity contribution in [2.45, 2.75) is 32.2 Å². The summed E-state index contributed by atoms with van der Waals surface area (Å²) in [7, 11) is 0. The van der Waals surface area contributed by atoms with E-state index in [9.17, 15) is 4.79 Å². The monoisotopic (exact) mass is 351 g/mol. The van der Waals surface area contributed by atoms with Crippen molar-refractivity contribution in [3.8, 4) is 5.75 Å². The van der Waals surface area contributed by atoms with Gasteiger partial charge in [0.05, 0.1) is 19.1 Å². The quantitative estimate of drug-likeness (QED) is 0.856. The standard InChI is InChI=1S/C22H25NO3/c1-3-25-22(24)20-18(16-8-9-19-17(12-16)10-11-26-19)13-23-21(20)15-6-4-14(2)5-7-15/h4-9,12,18,20-21,23H,3,10-11,13H2,1-2H3/t18-,20+,21+/m1/s1. The Morgan fingerprint density at radius 3 is 2.73 bits per heavy atom. The molecule has 0 unspecified atom stereocenters. The lowest BCUT2D eigenvalue weighted by Crippen LogP contribution is -2.27. The molecule has 0 aliphatic carbocycles. The number of carbonyl (C=O) groups excluding carboxylic acids is 1. The van der Waals surface area contributed by atoms with Crippen LogP contribution in [0.4, 0.5) is 0 Å². The van der Waals surface area contributed by atoms with Crippen LogP contribution in [0.3, 0.4) is 0 Å². The number of aryl methyl sites for hydroxylation is 1. The normalized spacial score (nSPS) is 24.2. The summed E-state index contributed by atoms with van der Waals surface area (Å²) in [6, 6.07) is 14.7. The van der Waals surface area contributed by atoms with Crippen LogP contribution >= 0.6 is 0 Å². The third-order valence-electron chi connectivity index (χ3n) is 5.49. The van der Waals surface area contributed by atoms with Crippen molar-refractivity contribution in [2.24, 2.45) is 5.92 Å². The molecule has 2 aliphatic rings. The van der Waals surface area contributed by atoms with Crippen LogP contribution in [0, 0.1) is 12.8 Å². The van der Waals surface area contributed by atoms with Crippen molar-refractivity contribution in [1.82, 2.24) is 5.32 Å². The highest BCUT2D eigenvalue weighted by Crippen LogP contribution is 2.42. The average Bonchev–Trinajstić information content (AvgIpc) is 3.28. The molecule has 0 spiro atoms. The van der Waals surface area contributed by atoms with E-state index in [1.54, 1.807) is 0 Å². The van der Waals surface area contributed by atoms with Crippen molar-refractivity contribution < 1.29 is 14.3 Å². The maximum Gasteiger partial charge on any atom is 0.311 e. The van der Waals surface area contributed by atoms with Crippen LogP contribution in [0.5, 0.6) is 5.75 Å². The fourth-order valence-corrected chi connectivity index (χ4v) is 4.14. The molecule has 4 nitrogen and oxygen atoms in total. The first-order chi connectivity index (χ1) is 12.7. The van der Waals surface area contributed by atoms with Gasteiger partial charge < -0.3 is 14.8 Å². The summed E-state index contributed by atoms with van der Waals surface area (Å²) in [5.41, 5.74) is 4.79. The Labute approximate surface area is 154 Å². The summed E-state index contributed by atoms with van der Waals surface area (Å²) in [6.07, 6.45) is 0.939. The molecule has 1 N–H and O–H groups in total. The molecule has 4 rings (SSSR count). The SMILES string of the molecule is CCOC(=O)[C@H]1[C@@H](c2ccc3c(c2)CCO3)CN[C@H]1c1ccc(C)cc1. The van der Waals surface area contributed by atoms with E-state index in [0.29, 0.717) is 6.61 Å². The van der Waals surface area contributed by atoms with Gasteiger partial charge in [0, 0.05) is 24.9 Å². The topological polar surface area (TPSA) is 47.6 Å². The van der Waals surface area contributed by atoms with E-state index in [4.69, 9.17) is 9.47 Å². The van der Waals surface area contributed by atoms with Crippen LogP contribution in [0.1, 0.15) is 41.1 Å². The van der Waals surface area contributed by atoms with Crippen LogP contribution in [0.25, 0.3) is 0 Å². The van der Waals surface area contributed by atoms with E-state index in [1.165, 1.54) is 16.7 Å². The Bertz CT molecular complexity index is 800. The van der Waals surface area contributed by atoms with E-state index >= 15 is 0 Å². The summed E-state index contributed by atoms with van der Waals surface area (Å²) in [5.74, 6) is 0.733. The number of nitrogens with one attached hydrogen (secondary N) is 1. The van der Waals surface area contributed by atoms with E-state index < -0.39 is 0 Å². The van der Waals surface area contributed by atoms with Crippen molar-refractivity contribution in [2.75, 3.05) is 19.8 Å². The number of ether oxygens (including phenoxy) is 2. The third kappa shape index (κ3) is 3.10. The summed E-state index contributed by atoms with van der Waals surface area (Å²) in [4.78, 5) is 12.8. The van der Waals surface area contributed by atoms with Crippen LogP contribution < -0.4 is 10.1 Å². The van der Waals surface area contributed by atoms with Crippen LogP contribution in [0.15, 0.2) is 42.5 Å². The first-order valence-electron chi connectivity index (χ1n) is 9.39. The summed E-state index contributed by atoms with van der Waals surface area (Å²) in [5, 5.41) is 3.57. The molecule has 0 aromatic heterocycles. The summed E-state index contributed by atoms with van der Waals surface area (Å²) >= 11 is 0. The van der Waals surface area contributed by atoms with Gasteiger partial charge >= 0.3 is 5.97 Å². The Morgan fingerprint density at radius 2 is 1.96 bits per heavy atom. The second kappa shape index (κ2) is 7.12. The molecular formula is C22H25NO3. The molecule has 0 saturated carbocycles. The molecule has 2 aromatic carbocycles. The lowest BCUT2D eigenvalue weighted by atomic mass is 9.82. The Hall–Kier alpha value is -2.33. The zero-order valence-corrected chi connectivity index (χ0v) is 15.3. The fourth-order valence-electron chi connectivity index (χ4n) is 4.14. The zero-order chi connectivity index (χ0) is 18.1. The third-order valence-corrected chi connectivity index (χ3v) is 5.49. The van der Waals surface area contributed by atoms with Crippen LogP contribution in [0.2, 0.25) is 0 Å². The van der Waals surface area contributed by atoms with Gasteiger partial charge in [0.15, 0.2) is 0 Å². The lowest BCUT2D eigenvalue weighted by Gasteiger charge is -2.23. The van der Waals surface area contributed by atoms with E-state index in [0.717, 1.165) is 30.9 Å². The highest BCUT2D eigenvalue weighted by Gasteiger charge is 2.43. The predicted octanol–water partition coefficient (Wildman–Crippen LogP) is 3.54. The maximum atomic E-state index is 12.8. The molecule has 1 fully saturated rings. The molecule has 2 aliphatic heterocycles. The molecule has 3 atom stereocenters. The number of hydrogen-bond acceptors (Lipinski definition) is 4. The van der Waals surface area contributed by atoms with E-state index in [1.807, 2.05) is 13.0 Å². The maximum absolute atomic E-state index is 12.8. The Morgan fingerprint density at radius 1 is 1.19 bits per heavy atom. The molecule has 136 valence electrons. The number of benzene rings is 2. The second-order valence-corrected chi connectivity index (χ2v) is 7.15. The van der Waals surface area contributed by atoms with E-state index in [2.05, 4.69) is 48.6 Å². The van der Waals surface area contributed by atoms with Gasteiger partial charge in [-0.2, -0.15) is 0 Å². The Kier molecular flexibility index (Phi) is 4.68. The molecule has 2 aromatic rings. The minimum Gasteiger partial charge on any atom is -0.493 e. The largest absolute Gasteiger partial charge is 0.493 e. The molecule has 1 saturated heterocycles. The smallest absolute Gasteiger partial charge is 0.311 e. The minimum atomic E-state index is -0.224. The lowest BCUT2D eigenvalue weighted by molar-refractivity contribution is -0.148. The van der Waals surface area contributed by atoms with Gasteiger partial charge in [0.25, 0.3) is 0 Å². The zero-order valence-electron chi connectivity index (χ0n) is 15.3. The number of esters is 1. The first-order valence-corrected chi connectivity index (χ1v) is 9.39. The molecule has 2 heterocycles. The molecule has 4 heteroatoms. The molecular weight excluding hydrogens is 326 g/mol. The van der Waals surface area contributed by atoms with Gasteiger partial charge in [-0.1, -0.05) is 42.0 Å². The Balaban J connectivity index is 1.67. The highest BCUT2D eigenvalue weighted by atomic mass is 16.5. The summed E-state index contributed by atoms with van der Waals surface area (Å²) < 4.78 is 11.1. The first kappa shape index (κ1) is 17.1. The summed E-state index contributed by atoms with van der Waals surface area (Å²) in [6.45, 7) is 5.85. The van der Waals surface area contributed by atoms with Gasteiger partial charge in [-0.05, 0) is 36.6 Å². The van der Waals surface area contributed by atoms with Gasteiger partial charge in [-0.3, -0.25) is 4.79 Å². The highest BCUT2D eigenvalue weighted by molar-refractivity contribution is 5.76. The van der Waals surface area contributed by atoms with Gasteiger partial charge in [0.1, 0.15) is 5.75 Å². The number of rotatable bonds is 4. The molecule has 0 amide bonds. The van der Waals surface area contributed by atoms with E-state index in [-0.39, 0.29) is 23.8 Å². The fraction of sp³-hybridized carbons (Fsp3) is 0.409. The molecule has 0 radical (unpaired) electrons. The number of carbonyl (C=O) groups is 1. The van der Waals surface area contributed by atoms with Gasteiger partial charge in [0.2, 0.25) is 0 Å². The minimum absolute atomic E-state index is 0.0239. The predicted molar refractivity (Wildman–Crippen MR) is 100 cm³/mol. The molecule has 26 heavy (non-hydrogen) atoms. The number of hydrogen-bond donors (Lipinski definition) is 1. The van der Waals surface area contributed by atoms with Crippen LogP contribution in [-0.4, -0.2) is 25.7 Å². The van der Waals surface area contributed by atoms with Crippen molar-refractivity contribution in [1.29, 1.82) is 0 Å². The van der Waals surface area contributed by atoms with Crippen LogP contribution in [-0.2, 0) is 16.0 Å². The average molecular weight is 351 g/mol. The molecule has 0 bridgehead atoms.